The second-order valence-corrected chi connectivity index (χ2v) is 14.8. The standard InChI is InChI=1S/C44H52O4/c1-7-9-36(41(8-2)42(47)18-28(5)45)19-31-20-37-17-15-34(29(6)44(37)43(48)22-31)26-40(46)21-30-10-12-32(13-11-30)38-24-35-16-14-33(27(3)4)23-39(35)25-38/h10-17,23-24,27,31,36,41H,7-9,18-22,25-26H2,1-6H3. The van der Waals surface area contributed by atoms with E-state index in [0.29, 0.717) is 25.2 Å². The number of allylic oxidation sites excluding steroid dienone is 1. The second-order valence-electron chi connectivity index (χ2n) is 14.8. The Morgan fingerprint density at radius 2 is 1.65 bits per heavy atom. The van der Waals surface area contributed by atoms with Crippen LogP contribution in [-0.4, -0.2) is 23.1 Å². The van der Waals surface area contributed by atoms with Gasteiger partial charge in [-0.1, -0.05) is 101 Å². The number of hydrogen-bond acceptors (Lipinski definition) is 4. The Bertz CT molecular complexity index is 1720. The molecule has 0 saturated carbocycles. The third-order valence-corrected chi connectivity index (χ3v) is 10.7. The van der Waals surface area contributed by atoms with E-state index < -0.39 is 0 Å². The zero-order chi connectivity index (χ0) is 34.5. The highest BCUT2D eigenvalue weighted by atomic mass is 16.1. The molecule has 5 rings (SSSR count). The van der Waals surface area contributed by atoms with Crippen LogP contribution in [0.1, 0.15) is 134 Å². The van der Waals surface area contributed by atoms with Crippen molar-refractivity contribution in [2.75, 3.05) is 0 Å². The molecule has 2 aliphatic carbocycles. The van der Waals surface area contributed by atoms with E-state index in [1.807, 2.05) is 26.0 Å². The SMILES string of the molecule is CCCC(CC1CC(=O)c2c(ccc(CC(=O)Cc3ccc(C4=Cc5ccc(C(C)C)cc5C4)cc3)c2C)C1)C(CC)C(=O)CC(C)=O. The normalized spacial score (nSPS) is 16.7. The number of ketones is 4. The zero-order valence-corrected chi connectivity index (χ0v) is 29.8. The van der Waals surface area contributed by atoms with Crippen LogP contribution in [0.4, 0.5) is 0 Å². The Labute approximate surface area is 287 Å². The van der Waals surface area contributed by atoms with Gasteiger partial charge in [-0.2, -0.15) is 0 Å². The molecule has 3 unspecified atom stereocenters. The molecule has 3 atom stereocenters. The van der Waals surface area contributed by atoms with Crippen LogP contribution in [-0.2, 0) is 40.1 Å². The minimum absolute atomic E-state index is 0.00396. The molecule has 0 amide bonds. The number of carbonyl (C=O) groups is 4. The summed E-state index contributed by atoms with van der Waals surface area (Å²) in [6, 6.07) is 19.3. The molecular weight excluding hydrogens is 592 g/mol. The van der Waals surface area contributed by atoms with Crippen molar-refractivity contribution in [3.63, 3.8) is 0 Å². The summed E-state index contributed by atoms with van der Waals surface area (Å²) in [6.45, 7) is 12.1. The third-order valence-electron chi connectivity index (χ3n) is 10.7. The largest absolute Gasteiger partial charge is 0.300 e. The van der Waals surface area contributed by atoms with E-state index in [1.54, 1.807) is 0 Å². The zero-order valence-electron chi connectivity index (χ0n) is 29.8. The van der Waals surface area contributed by atoms with Crippen LogP contribution >= 0.6 is 0 Å². The number of Topliss-reactive ketones (excluding diaryl/α,β-unsaturated/α-hetero) is 4. The lowest BCUT2D eigenvalue weighted by Crippen LogP contribution is -2.30. The summed E-state index contributed by atoms with van der Waals surface area (Å²) in [7, 11) is 0. The van der Waals surface area contributed by atoms with Crippen LogP contribution < -0.4 is 0 Å². The van der Waals surface area contributed by atoms with Crippen molar-refractivity contribution < 1.29 is 19.2 Å². The topological polar surface area (TPSA) is 68.3 Å². The number of benzene rings is 3. The van der Waals surface area contributed by atoms with Gasteiger partial charge in [0.05, 0.1) is 6.42 Å². The minimum atomic E-state index is -0.133. The Kier molecular flexibility index (Phi) is 11.5. The molecule has 0 spiro atoms. The van der Waals surface area contributed by atoms with Gasteiger partial charge in [-0.15, -0.1) is 0 Å². The number of hydrogen-bond donors (Lipinski definition) is 0. The lowest BCUT2D eigenvalue weighted by Gasteiger charge is -2.32. The van der Waals surface area contributed by atoms with Crippen LogP contribution in [0.2, 0.25) is 0 Å². The molecule has 0 heterocycles. The highest BCUT2D eigenvalue weighted by Gasteiger charge is 2.33. The summed E-state index contributed by atoms with van der Waals surface area (Å²) >= 11 is 0. The maximum absolute atomic E-state index is 13.6. The molecule has 4 nitrogen and oxygen atoms in total. The molecule has 3 aromatic carbocycles. The first-order chi connectivity index (χ1) is 23.0. The maximum Gasteiger partial charge on any atom is 0.163 e. The highest BCUT2D eigenvalue weighted by Crippen LogP contribution is 2.37. The average Bonchev–Trinajstić information content (AvgIpc) is 3.46. The molecule has 0 fully saturated rings. The summed E-state index contributed by atoms with van der Waals surface area (Å²) in [6.07, 6.45) is 8.61. The molecule has 0 N–H and O–H groups in total. The molecule has 0 radical (unpaired) electrons. The molecule has 252 valence electrons. The Morgan fingerprint density at radius 3 is 2.31 bits per heavy atom. The smallest absolute Gasteiger partial charge is 0.163 e. The molecular formula is C44H52O4. The van der Waals surface area contributed by atoms with Gasteiger partial charge in [0.15, 0.2) is 5.78 Å². The summed E-state index contributed by atoms with van der Waals surface area (Å²) in [5.41, 5.74) is 11.3. The van der Waals surface area contributed by atoms with E-state index in [0.717, 1.165) is 66.3 Å². The lowest BCUT2D eigenvalue weighted by molar-refractivity contribution is -0.130. The fourth-order valence-electron chi connectivity index (χ4n) is 8.20. The molecule has 0 saturated heterocycles. The van der Waals surface area contributed by atoms with Gasteiger partial charge in [-0.05, 0) is 107 Å². The molecule has 3 aromatic rings. The van der Waals surface area contributed by atoms with Crippen LogP contribution in [0.3, 0.4) is 0 Å². The van der Waals surface area contributed by atoms with Crippen molar-refractivity contribution in [3.05, 3.63) is 105 Å². The van der Waals surface area contributed by atoms with Crippen molar-refractivity contribution >= 4 is 34.8 Å². The second kappa shape index (κ2) is 15.5. The van der Waals surface area contributed by atoms with Gasteiger partial charge < -0.3 is 0 Å². The van der Waals surface area contributed by atoms with Gasteiger partial charge in [0.1, 0.15) is 17.3 Å². The predicted octanol–water partition coefficient (Wildman–Crippen LogP) is 9.70. The Balaban J connectivity index is 1.21. The van der Waals surface area contributed by atoms with Gasteiger partial charge in [0.2, 0.25) is 0 Å². The van der Waals surface area contributed by atoms with Crippen LogP contribution in [0.25, 0.3) is 11.6 Å². The number of carbonyl (C=O) groups excluding carboxylic acids is 4. The predicted molar refractivity (Wildman–Crippen MR) is 195 cm³/mol. The molecule has 2 aliphatic rings. The number of fused-ring (bicyclic) bond motifs is 2. The van der Waals surface area contributed by atoms with Crippen molar-refractivity contribution in [1.29, 1.82) is 0 Å². The van der Waals surface area contributed by atoms with E-state index >= 15 is 0 Å². The van der Waals surface area contributed by atoms with Crippen molar-refractivity contribution in [2.24, 2.45) is 17.8 Å². The molecule has 4 heteroatoms. The van der Waals surface area contributed by atoms with Gasteiger partial charge in [-0.3, -0.25) is 19.2 Å². The van der Waals surface area contributed by atoms with E-state index in [9.17, 15) is 19.2 Å². The fraction of sp³-hybridized carbons (Fsp3) is 0.455. The Hall–Kier alpha value is -3.92. The summed E-state index contributed by atoms with van der Waals surface area (Å²) in [5, 5.41) is 0. The van der Waals surface area contributed by atoms with Crippen molar-refractivity contribution in [2.45, 2.75) is 112 Å². The first kappa shape index (κ1) is 35.4. The summed E-state index contributed by atoms with van der Waals surface area (Å²) in [5.74, 6) is 0.999. The number of rotatable bonds is 15. The fourth-order valence-corrected chi connectivity index (χ4v) is 8.20. The van der Waals surface area contributed by atoms with Gasteiger partial charge in [-0.25, -0.2) is 0 Å². The maximum atomic E-state index is 13.6. The molecule has 0 aliphatic heterocycles. The minimum Gasteiger partial charge on any atom is -0.300 e. The average molecular weight is 645 g/mol. The molecule has 0 aromatic heterocycles. The first-order valence-corrected chi connectivity index (χ1v) is 18.1. The highest BCUT2D eigenvalue weighted by molar-refractivity contribution is 6.01. The van der Waals surface area contributed by atoms with E-state index in [4.69, 9.17) is 0 Å². The lowest BCUT2D eigenvalue weighted by atomic mass is 9.72. The Morgan fingerprint density at radius 1 is 0.896 bits per heavy atom. The van der Waals surface area contributed by atoms with Crippen LogP contribution in [0.5, 0.6) is 0 Å². The van der Waals surface area contributed by atoms with Gasteiger partial charge >= 0.3 is 0 Å². The third kappa shape index (κ3) is 8.20. The van der Waals surface area contributed by atoms with E-state index in [2.05, 4.69) is 69.3 Å². The van der Waals surface area contributed by atoms with Gasteiger partial charge in [0.25, 0.3) is 0 Å². The first-order valence-electron chi connectivity index (χ1n) is 18.1. The summed E-state index contributed by atoms with van der Waals surface area (Å²) < 4.78 is 0. The molecule has 0 bridgehead atoms. The van der Waals surface area contributed by atoms with E-state index in [1.165, 1.54) is 34.8 Å². The van der Waals surface area contributed by atoms with E-state index in [-0.39, 0.29) is 47.3 Å². The quantitative estimate of drug-likeness (QED) is 0.155. The summed E-state index contributed by atoms with van der Waals surface area (Å²) in [4.78, 5) is 51.4. The molecule has 48 heavy (non-hydrogen) atoms. The van der Waals surface area contributed by atoms with Gasteiger partial charge in [0, 0.05) is 30.7 Å². The van der Waals surface area contributed by atoms with Crippen LogP contribution in [0, 0.1) is 24.7 Å². The monoisotopic (exact) mass is 644 g/mol. The van der Waals surface area contributed by atoms with Crippen molar-refractivity contribution in [1.82, 2.24) is 0 Å². The van der Waals surface area contributed by atoms with Crippen LogP contribution in [0.15, 0.2) is 54.6 Å². The van der Waals surface area contributed by atoms with Crippen molar-refractivity contribution in [3.8, 4) is 0 Å².